The molecule has 1 atom stereocenters. The third-order valence-electron chi connectivity index (χ3n) is 4.11. The minimum Gasteiger partial charge on any atom is -0.303 e. The molecule has 4 heteroatoms. The average Bonchev–Trinajstić information content (AvgIpc) is 2.85. The van der Waals surface area contributed by atoms with Gasteiger partial charge in [-0.15, -0.1) is 0 Å². The van der Waals surface area contributed by atoms with E-state index in [-0.39, 0.29) is 0 Å². The van der Waals surface area contributed by atoms with Gasteiger partial charge in [0.05, 0.1) is 17.4 Å². The van der Waals surface area contributed by atoms with Gasteiger partial charge in [-0.2, -0.15) is 0 Å². The first kappa shape index (κ1) is 12.4. The monoisotopic (exact) mass is 257 g/mol. The molecule has 0 spiro atoms. The summed E-state index contributed by atoms with van der Waals surface area (Å²) in [5.41, 5.74) is 1.68. The maximum Gasteiger partial charge on any atom is 0.166 e. The Morgan fingerprint density at radius 2 is 2.32 bits per heavy atom. The summed E-state index contributed by atoms with van der Waals surface area (Å²) in [5, 5.41) is 0. The van der Waals surface area contributed by atoms with Crippen LogP contribution < -0.4 is 0 Å². The number of aldehydes is 1. The van der Waals surface area contributed by atoms with Gasteiger partial charge in [0.15, 0.2) is 6.29 Å². The van der Waals surface area contributed by atoms with Gasteiger partial charge in [0, 0.05) is 12.5 Å². The Morgan fingerprint density at radius 3 is 3.11 bits per heavy atom. The van der Waals surface area contributed by atoms with Crippen molar-refractivity contribution < 1.29 is 4.79 Å². The van der Waals surface area contributed by atoms with Crippen LogP contribution in [0.3, 0.4) is 0 Å². The zero-order valence-electron chi connectivity index (χ0n) is 11.2. The van der Waals surface area contributed by atoms with Crippen molar-refractivity contribution in [1.82, 2.24) is 14.3 Å². The highest BCUT2D eigenvalue weighted by Crippen LogP contribution is 2.20. The third-order valence-corrected chi connectivity index (χ3v) is 4.11. The van der Waals surface area contributed by atoms with Gasteiger partial charge in [0.1, 0.15) is 5.82 Å². The van der Waals surface area contributed by atoms with Crippen LogP contribution in [0.2, 0.25) is 0 Å². The molecule has 2 aromatic rings. The minimum absolute atomic E-state index is 0.541. The fourth-order valence-corrected chi connectivity index (χ4v) is 2.99. The van der Waals surface area contributed by atoms with E-state index in [2.05, 4.69) is 16.9 Å². The summed E-state index contributed by atoms with van der Waals surface area (Å²) in [7, 11) is 2.18. The number of hydrogen-bond donors (Lipinski definition) is 0. The maximum absolute atomic E-state index is 11.2. The molecule has 0 aliphatic carbocycles. The molecule has 3 heterocycles. The van der Waals surface area contributed by atoms with Gasteiger partial charge in [-0.05, 0) is 38.6 Å². The fraction of sp³-hybridized carbons (Fsp3) is 0.467. The summed E-state index contributed by atoms with van der Waals surface area (Å²) in [6, 6.07) is 6.28. The molecule has 0 aromatic carbocycles. The van der Waals surface area contributed by atoms with E-state index in [0.717, 1.165) is 30.6 Å². The highest BCUT2D eigenvalue weighted by atomic mass is 16.1. The van der Waals surface area contributed by atoms with Crippen molar-refractivity contribution in [2.75, 3.05) is 13.6 Å². The van der Waals surface area contributed by atoms with Gasteiger partial charge >= 0.3 is 0 Å². The molecule has 3 rings (SSSR count). The summed E-state index contributed by atoms with van der Waals surface area (Å²) in [5.74, 6) is 0.997. The molecule has 0 bridgehead atoms. The second-order valence-electron chi connectivity index (χ2n) is 5.34. The number of hydrogen-bond acceptors (Lipinski definition) is 3. The van der Waals surface area contributed by atoms with E-state index in [1.54, 1.807) is 0 Å². The molecule has 1 aliphatic heterocycles. The standard InChI is InChI=1S/C15H19N3O/c1-17-8-3-2-5-12(17)9-15-16-10-13-6-4-7-14(11-19)18(13)15/h4,6-7,10-12H,2-3,5,8-9H2,1H3. The molecular weight excluding hydrogens is 238 g/mol. The Kier molecular flexibility index (Phi) is 3.34. The molecule has 1 unspecified atom stereocenters. The van der Waals surface area contributed by atoms with Crippen molar-refractivity contribution in [3.8, 4) is 0 Å². The van der Waals surface area contributed by atoms with Crippen LogP contribution in [-0.2, 0) is 6.42 Å². The van der Waals surface area contributed by atoms with Crippen molar-refractivity contribution in [1.29, 1.82) is 0 Å². The number of imidazole rings is 1. The number of carbonyl (C=O) groups excluding carboxylic acids is 1. The quantitative estimate of drug-likeness (QED) is 0.791. The van der Waals surface area contributed by atoms with Gasteiger partial charge in [-0.1, -0.05) is 12.5 Å². The molecule has 2 aromatic heterocycles. The third kappa shape index (κ3) is 2.28. The minimum atomic E-state index is 0.541. The van der Waals surface area contributed by atoms with E-state index in [1.165, 1.54) is 19.3 Å². The Morgan fingerprint density at radius 1 is 1.42 bits per heavy atom. The van der Waals surface area contributed by atoms with E-state index in [1.807, 2.05) is 28.8 Å². The van der Waals surface area contributed by atoms with E-state index in [4.69, 9.17) is 0 Å². The summed E-state index contributed by atoms with van der Waals surface area (Å²) >= 11 is 0. The lowest BCUT2D eigenvalue weighted by molar-refractivity contribution is 0.111. The van der Waals surface area contributed by atoms with Crippen molar-refractivity contribution in [3.05, 3.63) is 35.9 Å². The lowest BCUT2D eigenvalue weighted by Gasteiger charge is -2.32. The van der Waals surface area contributed by atoms with Gasteiger partial charge in [-0.3, -0.25) is 9.20 Å². The topological polar surface area (TPSA) is 37.6 Å². The molecular formula is C15H19N3O. The second-order valence-corrected chi connectivity index (χ2v) is 5.34. The van der Waals surface area contributed by atoms with E-state index in [9.17, 15) is 4.79 Å². The average molecular weight is 257 g/mol. The zero-order chi connectivity index (χ0) is 13.2. The van der Waals surface area contributed by atoms with Crippen molar-refractivity contribution in [2.24, 2.45) is 0 Å². The summed E-state index contributed by atoms with van der Waals surface area (Å²) in [6.07, 6.45) is 7.46. The predicted molar refractivity (Wildman–Crippen MR) is 74.6 cm³/mol. The smallest absolute Gasteiger partial charge is 0.166 e. The molecule has 1 aliphatic rings. The van der Waals surface area contributed by atoms with E-state index >= 15 is 0 Å². The number of fused-ring (bicyclic) bond motifs is 1. The Hall–Kier alpha value is -1.68. The van der Waals surface area contributed by atoms with Crippen LogP contribution in [0.25, 0.3) is 5.52 Å². The summed E-state index contributed by atoms with van der Waals surface area (Å²) in [6.45, 7) is 1.16. The van der Waals surface area contributed by atoms with Crippen LogP contribution in [0, 0.1) is 0 Å². The second kappa shape index (κ2) is 5.13. The molecule has 0 N–H and O–H groups in total. The SMILES string of the molecule is CN1CCCCC1Cc1ncc2cccc(C=O)n12. The van der Waals surface area contributed by atoms with Crippen LogP contribution in [0.4, 0.5) is 0 Å². The van der Waals surface area contributed by atoms with Gasteiger partial charge in [0.25, 0.3) is 0 Å². The molecule has 0 radical (unpaired) electrons. The lowest BCUT2D eigenvalue weighted by atomic mass is 10.00. The van der Waals surface area contributed by atoms with Gasteiger partial charge in [0.2, 0.25) is 0 Å². The van der Waals surface area contributed by atoms with Crippen LogP contribution in [0.5, 0.6) is 0 Å². The van der Waals surface area contributed by atoms with E-state index in [0.29, 0.717) is 11.7 Å². The van der Waals surface area contributed by atoms with Crippen LogP contribution in [-0.4, -0.2) is 40.2 Å². The number of nitrogens with zero attached hydrogens (tertiary/aromatic N) is 3. The molecule has 1 saturated heterocycles. The lowest BCUT2D eigenvalue weighted by Crippen LogP contribution is -2.38. The van der Waals surface area contributed by atoms with Gasteiger partial charge < -0.3 is 4.90 Å². The number of aromatic nitrogens is 2. The molecule has 100 valence electrons. The van der Waals surface area contributed by atoms with Crippen molar-refractivity contribution in [3.63, 3.8) is 0 Å². The van der Waals surface area contributed by atoms with Crippen LogP contribution in [0.15, 0.2) is 24.4 Å². The number of rotatable bonds is 3. The number of piperidine rings is 1. The first-order valence-electron chi connectivity index (χ1n) is 6.90. The largest absolute Gasteiger partial charge is 0.303 e. The normalized spacial score (nSPS) is 20.8. The predicted octanol–water partition coefficient (Wildman–Crippen LogP) is 2.17. The number of likely N-dealkylation sites (N-methyl/N-ethyl adjacent to an activating group) is 1. The summed E-state index contributed by atoms with van der Waals surface area (Å²) < 4.78 is 1.98. The summed E-state index contributed by atoms with van der Waals surface area (Å²) in [4.78, 5) is 18.1. The Labute approximate surface area is 113 Å². The number of pyridine rings is 1. The zero-order valence-corrected chi connectivity index (χ0v) is 11.2. The molecule has 19 heavy (non-hydrogen) atoms. The highest BCUT2D eigenvalue weighted by Gasteiger charge is 2.21. The van der Waals surface area contributed by atoms with Crippen LogP contribution >= 0.6 is 0 Å². The first-order valence-corrected chi connectivity index (χ1v) is 6.90. The van der Waals surface area contributed by atoms with Crippen molar-refractivity contribution >= 4 is 11.8 Å². The molecule has 0 amide bonds. The molecule has 1 fully saturated rings. The molecule has 4 nitrogen and oxygen atoms in total. The number of likely N-dealkylation sites (tertiary alicyclic amines) is 1. The first-order chi connectivity index (χ1) is 9.29. The Balaban J connectivity index is 1.94. The van der Waals surface area contributed by atoms with E-state index < -0.39 is 0 Å². The fourth-order valence-electron chi connectivity index (χ4n) is 2.99. The number of carbonyl (C=O) groups is 1. The highest BCUT2D eigenvalue weighted by molar-refractivity contribution is 5.74. The molecule has 0 saturated carbocycles. The van der Waals surface area contributed by atoms with Crippen molar-refractivity contribution in [2.45, 2.75) is 31.7 Å². The maximum atomic E-state index is 11.2. The van der Waals surface area contributed by atoms with Crippen LogP contribution in [0.1, 0.15) is 35.6 Å². The van der Waals surface area contributed by atoms with Gasteiger partial charge in [-0.25, -0.2) is 4.98 Å². The Bertz CT molecular complexity index is 590.